The highest BCUT2D eigenvalue weighted by Crippen LogP contribution is 2.26. The van der Waals surface area contributed by atoms with Crippen LogP contribution in [0.3, 0.4) is 0 Å². The maximum absolute atomic E-state index is 13.4. The molecule has 30 heavy (non-hydrogen) atoms. The summed E-state index contributed by atoms with van der Waals surface area (Å²) in [4.78, 5) is 16.2. The lowest BCUT2D eigenvalue weighted by Gasteiger charge is -2.26. The van der Waals surface area contributed by atoms with E-state index in [1.165, 1.54) is 29.6 Å². The summed E-state index contributed by atoms with van der Waals surface area (Å²) in [6.45, 7) is 5.15. The number of ether oxygens (including phenoxy) is 1. The fourth-order valence-corrected chi connectivity index (χ4v) is 5.60. The van der Waals surface area contributed by atoms with Crippen molar-refractivity contribution in [1.82, 2.24) is 9.21 Å². The molecule has 9 heteroatoms. The molecule has 0 spiro atoms. The van der Waals surface area contributed by atoms with E-state index < -0.39 is 10.0 Å². The van der Waals surface area contributed by atoms with Crippen molar-refractivity contribution < 1.29 is 17.9 Å². The van der Waals surface area contributed by atoms with Crippen LogP contribution in [0.15, 0.2) is 40.6 Å². The van der Waals surface area contributed by atoms with Gasteiger partial charge in [-0.1, -0.05) is 17.7 Å². The second kappa shape index (κ2) is 9.78. The van der Waals surface area contributed by atoms with E-state index in [1.807, 2.05) is 17.5 Å². The van der Waals surface area contributed by atoms with Gasteiger partial charge in [-0.25, -0.2) is 8.42 Å². The Morgan fingerprint density at radius 2 is 2.10 bits per heavy atom. The highest BCUT2D eigenvalue weighted by Gasteiger charge is 2.28. The second-order valence-corrected chi connectivity index (χ2v) is 11.1. The number of hydrogen-bond donors (Lipinski definition) is 0. The molecular weight excluding hydrogens is 444 g/mol. The fraction of sp³-hybridized carbons (Fsp3) is 0.476. The average Bonchev–Trinajstić information content (AvgIpc) is 3.40. The van der Waals surface area contributed by atoms with Gasteiger partial charge in [0.25, 0.3) is 5.91 Å². The van der Waals surface area contributed by atoms with Crippen LogP contribution in [0.25, 0.3) is 0 Å². The predicted octanol–water partition coefficient (Wildman–Crippen LogP) is 4.25. The Bertz CT molecular complexity index is 971. The third kappa shape index (κ3) is 5.23. The van der Waals surface area contributed by atoms with Gasteiger partial charge >= 0.3 is 0 Å². The second-order valence-electron chi connectivity index (χ2n) is 7.66. The first-order chi connectivity index (χ1) is 14.2. The summed E-state index contributed by atoms with van der Waals surface area (Å²) >= 11 is 7.91. The molecular formula is C21H27ClN2O4S2. The molecule has 1 aliphatic rings. The summed E-state index contributed by atoms with van der Waals surface area (Å²) in [5.41, 5.74) is 0.185. The van der Waals surface area contributed by atoms with E-state index in [0.29, 0.717) is 19.7 Å². The monoisotopic (exact) mass is 470 g/mol. The van der Waals surface area contributed by atoms with Gasteiger partial charge in [0.2, 0.25) is 10.0 Å². The standard InChI is InChI=1S/C21H27ClN2O4S2/c1-15(2)23(3)30(26,27)18-8-9-20(22)19(12-18)21(25)24(13-16-6-4-10-28-16)14-17-7-5-11-29-17/h5,7-9,11-12,15-16H,4,6,10,13-14H2,1-3H3. The summed E-state index contributed by atoms with van der Waals surface area (Å²) in [5.74, 6) is -0.298. The molecule has 1 aromatic heterocycles. The number of rotatable bonds is 8. The first-order valence-corrected chi connectivity index (χ1v) is 12.6. The molecule has 1 atom stereocenters. The van der Waals surface area contributed by atoms with Crippen molar-refractivity contribution in [2.24, 2.45) is 0 Å². The third-order valence-electron chi connectivity index (χ3n) is 5.23. The van der Waals surface area contributed by atoms with Crippen molar-refractivity contribution in [3.05, 3.63) is 51.2 Å². The van der Waals surface area contributed by atoms with E-state index in [1.54, 1.807) is 30.1 Å². The number of benzene rings is 1. The van der Waals surface area contributed by atoms with Crippen molar-refractivity contribution in [2.45, 2.75) is 50.3 Å². The lowest BCUT2D eigenvalue weighted by Crippen LogP contribution is -2.37. The summed E-state index contributed by atoms with van der Waals surface area (Å²) in [6.07, 6.45) is 1.85. The SMILES string of the molecule is CC(C)N(C)S(=O)(=O)c1ccc(Cl)c(C(=O)N(Cc2cccs2)CC2CCCO2)c1. The molecule has 0 saturated carbocycles. The molecule has 2 heterocycles. The number of thiophene rings is 1. The van der Waals surface area contributed by atoms with E-state index >= 15 is 0 Å². The molecule has 1 aliphatic heterocycles. The molecule has 2 aromatic rings. The number of hydrogen-bond acceptors (Lipinski definition) is 5. The summed E-state index contributed by atoms with van der Waals surface area (Å²) in [5, 5.41) is 2.20. The maximum Gasteiger partial charge on any atom is 0.255 e. The van der Waals surface area contributed by atoms with E-state index in [0.717, 1.165) is 17.7 Å². The van der Waals surface area contributed by atoms with Crippen LogP contribution in [0, 0.1) is 0 Å². The molecule has 1 amide bonds. The number of nitrogens with zero attached hydrogens (tertiary/aromatic N) is 2. The van der Waals surface area contributed by atoms with E-state index in [9.17, 15) is 13.2 Å². The van der Waals surface area contributed by atoms with Crippen LogP contribution >= 0.6 is 22.9 Å². The highest BCUT2D eigenvalue weighted by atomic mass is 35.5. The highest BCUT2D eigenvalue weighted by molar-refractivity contribution is 7.89. The fourth-order valence-electron chi connectivity index (χ4n) is 3.29. The van der Waals surface area contributed by atoms with Gasteiger partial charge in [-0.05, 0) is 56.3 Å². The molecule has 0 N–H and O–H groups in total. The summed E-state index contributed by atoms with van der Waals surface area (Å²) in [6, 6.07) is 8.01. The molecule has 0 radical (unpaired) electrons. The number of carbonyl (C=O) groups is 1. The van der Waals surface area contributed by atoms with Gasteiger partial charge in [-0.2, -0.15) is 4.31 Å². The van der Waals surface area contributed by atoms with Crippen LogP contribution in [0.1, 0.15) is 41.9 Å². The Balaban J connectivity index is 1.93. The van der Waals surface area contributed by atoms with Crippen molar-refractivity contribution in [1.29, 1.82) is 0 Å². The van der Waals surface area contributed by atoms with E-state index in [4.69, 9.17) is 16.3 Å². The Morgan fingerprint density at radius 3 is 2.70 bits per heavy atom. The molecule has 1 fully saturated rings. The zero-order chi connectivity index (χ0) is 21.9. The molecule has 0 aliphatic carbocycles. The molecule has 164 valence electrons. The lowest BCUT2D eigenvalue weighted by molar-refractivity contribution is 0.0509. The number of carbonyl (C=O) groups excluding carboxylic acids is 1. The minimum absolute atomic E-state index is 0.0216. The number of halogens is 1. The minimum atomic E-state index is -3.73. The molecule has 0 bridgehead atoms. The Labute approximate surface area is 187 Å². The molecule has 1 aromatic carbocycles. The van der Waals surface area contributed by atoms with Crippen LogP contribution in [-0.2, 0) is 21.3 Å². The van der Waals surface area contributed by atoms with Gasteiger partial charge in [0.05, 0.1) is 28.1 Å². The van der Waals surface area contributed by atoms with E-state index in [-0.39, 0.29) is 33.5 Å². The van der Waals surface area contributed by atoms with Gasteiger partial charge in [0.15, 0.2) is 0 Å². The zero-order valence-corrected chi connectivity index (χ0v) is 19.8. The number of amides is 1. The normalized spacial score (nSPS) is 17.1. The van der Waals surface area contributed by atoms with Gasteiger partial charge in [0, 0.05) is 31.1 Å². The molecule has 1 unspecified atom stereocenters. The van der Waals surface area contributed by atoms with Crippen LogP contribution in [0.4, 0.5) is 0 Å². The smallest absolute Gasteiger partial charge is 0.255 e. The first-order valence-electron chi connectivity index (χ1n) is 9.91. The number of sulfonamides is 1. The zero-order valence-electron chi connectivity index (χ0n) is 17.4. The first kappa shape index (κ1) is 23.2. The Kier molecular flexibility index (Phi) is 7.57. The van der Waals surface area contributed by atoms with Crippen molar-refractivity contribution >= 4 is 38.9 Å². The predicted molar refractivity (Wildman–Crippen MR) is 120 cm³/mol. The van der Waals surface area contributed by atoms with Crippen molar-refractivity contribution in [3.63, 3.8) is 0 Å². The van der Waals surface area contributed by atoms with Crippen molar-refractivity contribution in [2.75, 3.05) is 20.2 Å². The summed E-state index contributed by atoms with van der Waals surface area (Å²) in [7, 11) is -2.20. The van der Waals surface area contributed by atoms with Gasteiger partial charge in [-0.15, -0.1) is 11.3 Å². The van der Waals surface area contributed by atoms with Crippen LogP contribution < -0.4 is 0 Å². The van der Waals surface area contributed by atoms with Crippen molar-refractivity contribution in [3.8, 4) is 0 Å². The third-order valence-corrected chi connectivity index (χ3v) is 8.45. The topological polar surface area (TPSA) is 66.9 Å². The van der Waals surface area contributed by atoms with Gasteiger partial charge in [0.1, 0.15) is 0 Å². The van der Waals surface area contributed by atoms with Crippen LogP contribution in [0.5, 0.6) is 0 Å². The maximum atomic E-state index is 13.4. The van der Waals surface area contributed by atoms with Crippen LogP contribution in [0.2, 0.25) is 5.02 Å². The quantitative estimate of drug-likeness (QED) is 0.578. The Morgan fingerprint density at radius 1 is 1.33 bits per heavy atom. The molecule has 3 rings (SSSR count). The molecule has 1 saturated heterocycles. The van der Waals surface area contributed by atoms with E-state index in [2.05, 4.69) is 0 Å². The summed E-state index contributed by atoms with van der Waals surface area (Å²) < 4.78 is 32.8. The largest absolute Gasteiger partial charge is 0.376 e. The molecule has 6 nitrogen and oxygen atoms in total. The van der Waals surface area contributed by atoms with Gasteiger partial charge in [-0.3, -0.25) is 4.79 Å². The Hall–Kier alpha value is -1.45. The van der Waals surface area contributed by atoms with Crippen LogP contribution in [-0.4, -0.2) is 55.9 Å². The average molecular weight is 471 g/mol. The van der Waals surface area contributed by atoms with Gasteiger partial charge < -0.3 is 9.64 Å². The minimum Gasteiger partial charge on any atom is -0.376 e. The lowest BCUT2D eigenvalue weighted by atomic mass is 10.1.